The van der Waals surface area contributed by atoms with Crippen molar-refractivity contribution in [2.45, 2.75) is 52.4 Å². The number of nitrogens with zero attached hydrogens (tertiary/aromatic N) is 1. The van der Waals surface area contributed by atoms with Crippen molar-refractivity contribution >= 4 is 17.4 Å². The minimum atomic E-state index is 0. The molecule has 0 radical (unpaired) electrons. The quantitative estimate of drug-likeness (QED) is 0.419. The summed E-state index contributed by atoms with van der Waals surface area (Å²) in [5.41, 5.74) is 0. The molecule has 1 N–H and O–H groups in total. The Kier molecular flexibility index (Phi) is 14.6. The van der Waals surface area contributed by atoms with Crippen molar-refractivity contribution in [2.75, 3.05) is 13.1 Å². The van der Waals surface area contributed by atoms with Gasteiger partial charge in [-0.2, -0.15) is 0 Å². The van der Waals surface area contributed by atoms with Gasteiger partial charge in [0, 0.05) is 32.6 Å². The molecule has 86 valence electrons. The number of thiocarbonyl (C=S) groups is 1. The average Bonchev–Trinajstić information content (AvgIpc) is 2.15. The molecule has 4 heteroatoms. The molecule has 2 nitrogen and oxygen atoms in total. The Labute approximate surface area is 112 Å². The number of aliphatic hydroxyl groups is 1. The van der Waals surface area contributed by atoms with Crippen LogP contribution in [0.2, 0.25) is 0 Å². The van der Waals surface area contributed by atoms with E-state index in [1.54, 1.807) is 0 Å². The third-order valence-electron chi connectivity index (χ3n) is 2.33. The number of hydrogen-bond donors (Lipinski definition) is 1. The number of aliphatic hydroxyl groups excluding tert-OH is 1. The zero-order chi connectivity index (χ0) is 10.8. The van der Waals surface area contributed by atoms with Crippen molar-refractivity contribution in [3.05, 3.63) is 0 Å². The predicted molar refractivity (Wildman–Crippen MR) is 65.8 cm³/mol. The van der Waals surface area contributed by atoms with Crippen molar-refractivity contribution in [1.29, 1.82) is 0 Å². The van der Waals surface area contributed by atoms with E-state index in [4.69, 9.17) is 12.2 Å². The molecule has 0 aliphatic rings. The Morgan fingerprint density at radius 3 is 1.67 bits per heavy atom. The summed E-state index contributed by atoms with van der Waals surface area (Å²) in [5, 5.41) is 9.34. The van der Waals surface area contributed by atoms with E-state index in [2.05, 4.69) is 13.8 Å². The largest absolute Gasteiger partial charge is 0.487 e. The number of rotatable bonds is 8. The topological polar surface area (TPSA) is 23.5 Å². The maximum atomic E-state index is 9.27. The molecule has 0 atom stereocenters. The van der Waals surface area contributed by atoms with Gasteiger partial charge in [-0.25, -0.2) is 0 Å². The molecule has 0 saturated heterocycles. The van der Waals surface area contributed by atoms with Crippen LogP contribution in [0.1, 0.15) is 52.4 Å². The minimum Gasteiger partial charge on any atom is -0.487 e. The summed E-state index contributed by atoms with van der Waals surface area (Å²) < 4.78 is 0. The van der Waals surface area contributed by atoms with E-state index in [0.717, 1.165) is 25.9 Å². The maximum absolute atomic E-state index is 9.27. The molecule has 0 aromatic rings. The molecule has 0 unspecified atom stereocenters. The summed E-state index contributed by atoms with van der Waals surface area (Å²) in [7, 11) is 0. The molecule has 0 amide bonds. The van der Waals surface area contributed by atoms with E-state index in [9.17, 15) is 5.11 Å². The van der Waals surface area contributed by atoms with Gasteiger partial charge in [-0.15, -0.1) is 0 Å². The first-order chi connectivity index (χ1) is 6.72. The van der Waals surface area contributed by atoms with Crippen LogP contribution < -0.4 is 0 Å². The first-order valence-corrected chi connectivity index (χ1v) is 6.11. The molecule has 0 aliphatic heterocycles. The van der Waals surface area contributed by atoms with Gasteiger partial charge in [-0.05, 0) is 25.1 Å². The molecular weight excluding hydrogens is 260 g/mol. The van der Waals surface area contributed by atoms with Crippen LogP contribution in [0.25, 0.3) is 0 Å². The van der Waals surface area contributed by atoms with Crippen LogP contribution in [0.3, 0.4) is 0 Å². The van der Waals surface area contributed by atoms with E-state index in [0.29, 0.717) is 0 Å². The van der Waals surface area contributed by atoms with Crippen LogP contribution in [0.4, 0.5) is 0 Å². The Morgan fingerprint density at radius 2 is 1.40 bits per heavy atom. The normalized spacial score (nSPS) is 9.47. The SMILES string of the molecule is CCCCCN(CCCCC)C(O)=S.[Zn]. The maximum Gasteiger partial charge on any atom is 0.256 e. The number of hydrogen-bond acceptors (Lipinski definition) is 1. The summed E-state index contributed by atoms with van der Waals surface area (Å²) in [5.74, 6) is 0. The Morgan fingerprint density at radius 1 is 1.00 bits per heavy atom. The summed E-state index contributed by atoms with van der Waals surface area (Å²) >= 11 is 4.80. The van der Waals surface area contributed by atoms with Gasteiger partial charge in [-0.3, -0.25) is 0 Å². The van der Waals surface area contributed by atoms with E-state index in [1.165, 1.54) is 25.7 Å². The van der Waals surface area contributed by atoms with E-state index < -0.39 is 0 Å². The van der Waals surface area contributed by atoms with Crippen molar-refractivity contribution < 1.29 is 24.6 Å². The van der Waals surface area contributed by atoms with Gasteiger partial charge in [0.25, 0.3) is 5.17 Å². The molecule has 0 bridgehead atoms. The number of unbranched alkanes of at least 4 members (excludes halogenated alkanes) is 4. The Bertz CT molecular complexity index is 146. The molecular formula is C11H23NOSZn. The summed E-state index contributed by atoms with van der Waals surface area (Å²) in [6, 6.07) is 0. The summed E-state index contributed by atoms with van der Waals surface area (Å²) in [6.45, 7) is 6.18. The van der Waals surface area contributed by atoms with Crippen molar-refractivity contribution in [1.82, 2.24) is 4.90 Å². The van der Waals surface area contributed by atoms with Gasteiger partial charge in [0.2, 0.25) is 0 Å². The van der Waals surface area contributed by atoms with Crippen LogP contribution in [0, 0.1) is 0 Å². The molecule has 0 aliphatic carbocycles. The Hall–Kier alpha value is 0.313. The van der Waals surface area contributed by atoms with Gasteiger partial charge in [-0.1, -0.05) is 39.5 Å². The van der Waals surface area contributed by atoms with Gasteiger partial charge in [0.05, 0.1) is 0 Å². The van der Waals surface area contributed by atoms with Gasteiger partial charge >= 0.3 is 0 Å². The second-order valence-corrected chi connectivity index (χ2v) is 4.05. The third-order valence-corrected chi connectivity index (χ3v) is 2.59. The smallest absolute Gasteiger partial charge is 0.256 e. The fraction of sp³-hybridized carbons (Fsp3) is 0.909. The summed E-state index contributed by atoms with van der Waals surface area (Å²) in [6.07, 6.45) is 7.11. The zero-order valence-electron chi connectivity index (χ0n) is 10.2. The fourth-order valence-electron chi connectivity index (χ4n) is 1.41. The molecule has 15 heavy (non-hydrogen) atoms. The third kappa shape index (κ3) is 10.6. The molecule has 0 saturated carbocycles. The van der Waals surface area contributed by atoms with E-state index in [-0.39, 0.29) is 24.7 Å². The monoisotopic (exact) mass is 281 g/mol. The molecule has 0 rings (SSSR count). The second kappa shape index (κ2) is 12.4. The van der Waals surface area contributed by atoms with Crippen LogP contribution in [-0.4, -0.2) is 28.3 Å². The van der Waals surface area contributed by atoms with Crippen molar-refractivity contribution in [3.8, 4) is 0 Å². The fourth-order valence-corrected chi connectivity index (χ4v) is 1.59. The van der Waals surface area contributed by atoms with Gasteiger partial charge < -0.3 is 10.0 Å². The van der Waals surface area contributed by atoms with Crippen molar-refractivity contribution in [3.63, 3.8) is 0 Å². The van der Waals surface area contributed by atoms with Gasteiger partial charge in [0.15, 0.2) is 0 Å². The molecule has 0 fully saturated rings. The first-order valence-electron chi connectivity index (χ1n) is 5.70. The van der Waals surface area contributed by atoms with E-state index in [1.807, 2.05) is 4.90 Å². The standard InChI is InChI=1S/C11H23NOS.Zn/c1-3-5-7-9-12(11(13)14)10-8-6-4-2;/h3-10H2,1-2H3,(H,13,14);. The van der Waals surface area contributed by atoms with Gasteiger partial charge in [0.1, 0.15) is 0 Å². The molecule has 0 aromatic heterocycles. The van der Waals surface area contributed by atoms with E-state index >= 15 is 0 Å². The zero-order valence-corrected chi connectivity index (χ0v) is 14.0. The molecule has 0 heterocycles. The van der Waals surface area contributed by atoms with Crippen molar-refractivity contribution in [2.24, 2.45) is 0 Å². The summed E-state index contributed by atoms with van der Waals surface area (Å²) in [4.78, 5) is 1.92. The molecule has 0 spiro atoms. The second-order valence-electron chi connectivity index (χ2n) is 3.68. The predicted octanol–water partition coefficient (Wildman–Crippen LogP) is 3.51. The van der Waals surface area contributed by atoms with Crippen LogP contribution in [-0.2, 0) is 19.5 Å². The van der Waals surface area contributed by atoms with Crippen LogP contribution in [0.15, 0.2) is 0 Å². The van der Waals surface area contributed by atoms with Crippen LogP contribution in [0.5, 0.6) is 0 Å². The van der Waals surface area contributed by atoms with Crippen LogP contribution >= 0.6 is 12.2 Å². The first kappa shape index (κ1) is 17.7. The minimum absolute atomic E-state index is 0. The Balaban J connectivity index is 0. The molecule has 0 aromatic carbocycles. The average molecular weight is 283 g/mol.